The summed E-state index contributed by atoms with van der Waals surface area (Å²) in [6, 6.07) is 0. The fourth-order valence-corrected chi connectivity index (χ4v) is 2.34. The highest BCUT2D eigenvalue weighted by molar-refractivity contribution is 5.97. The summed E-state index contributed by atoms with van der Waals surface area (Å²) in [6.45, 7) is 7.75. The van der Waals surface area contributed by atoms with Crippen molar-refractivity contribution in [1.29, 1.82) is 0 Å². The van der Waals surface area contributed by atoms with Crippen LogP contribution < -0.4 is 0 Å². The van der Waals surface area contributed by atoms with E-state index in [0.29, 0.717) is 18.6 Å². The quantitative estimate of drug-likeness (QED) is 0.738. The zero-order valence-corrected chi connectivity index (χ0v) is 10.7. The predicted octanol–water partition coefficient (Wildman–Crippen LogP) is 2.20. The van der Waals surface area contributed by atoms with Gasteiger partial charge in [0.2, 0.25) is 5.91 Å². The summed E-state index contributed by atoms with van der Waals surface area (Å²) in [5.74, 6) is -0.282. The second-order valence-electron chi connectivity index (χ2n) is 5.09. The number of aryl methyl sites for hydroxylation is 1. The number of hydrogen-bond donors (Lipinski definition) is 0. The first kappa shape index (κ1) is 11.9. The van der Waals surface area contributed by atoms with Gasteiger partial charge >= 0.3 is 5.97 Å². The van der Waals surface area contributed by atoms with Crippen molar-refractivity contribution in [2.75, 3.05) is 6.61 Å². The molecule has 0 radical (unpaired) electrons. The van der Waals surface area contributed by atoms with E-state index in [1.807, 2.05) is 20.8 Å². The van der Waals surface area contributed by atoms with E-state index in [0.717, 1.165) is 11.3 Å². The van der Waals surface area contributed by atoms with Gasteiger partial charge in [-0.2, -0.15) is 0 Å². The van der Waals surface area contributed by atoms with Crippen molar-refractivity contribution >= 4 is 11.9 Å². The summed E-state index contributed by atoms with van der Waals surface area (Å²) in [5.41, 5.74) is 1.73. The number of nitrogens with zero attached hydrogens (tertiary/aromatic N) is 1. The van der Waals surface area contributed by atoms with Crippen molar-refractivity contribution in [2.24, 2.45) is 5.41 Å². The van der Waals surface area contributed by atoms with E-state index < -0.39 is 5.41 Å². The van der Waals surface area contributed by atoms with Gasteiger partial charge in [0.15, 0.2) is 0 Å². The number of ether oxygens (including phenoxy) is 1. The van der Waals surface area contributed by atoms with Crippen LogP contribution in [0.2, 0.25) is 0 Å². The molecule has 1 aromatic rings. The minimum atomic E-state index is -0.426. The van der Waals surface area contributed by atoms with Gasteiger partial charge in [-0.05, 0) is 19.4 Å². The third-order valence-electron chi connectivity index (χ3n) is 3.18. The van der Waals surface area contributed by atoms with Crippen LogP contribution in [0.15, 0.2) is 6.20 Å². The van der Waals surface area contributed by atoms with Crippen LogP contribution in [-0.4, -0.2) is 23.1 Å². The molecule has 0 N–H and O–H groups in total. The van der Waals surface area contributed by atoms with Crippen molar-refractivity contribution < 1.29 is 14.3 Å². The van der Waals surface area contributed by atoms with Gasteiger partial charge in [-0.1, -0.05) is 13.8 Å². The minimum Gasteiger partial charge on any atom is -0.462 e. The summed E-state index contributed by atoms with van der Waals surface area (Å²) in [6.07, 6.45) is 2.33. The largest absolute Gasteiger partial charge is 0.462 e. The highest BCUT2D eigenvalue weighted by atomic mass is 16.5. The van der Waals surface area contributed by atoms with Gasteiger partial charge in [0, 0.05) is 23.7 Å². The van der Waals surface area contributed by atoms with Crippen LogP contribution in [-0.2, 0) is 11.2 Å². The Morgan fingerprint density at radius 2 is 2.18 bits per heavy atom. The Labute approximate surface area is 101 Å². The smallest absolute Gasteiger partial charge is 0.340 e. The lowest BCUT2D eigenvalue weighted by molar-refractivity contribution is 0.0524. The molecule has 1 aromatic heterocycles. The molecule has 0 bridgehead atoms. The van der Waals surface area contributed by atoms with Gasteiger partial charge in [-0.25, -0.2) is 4.79 Å². The van der Waals surface area contributed by atoms with Crippen LogP contribution in [0.5, 0.6) is 0 Å². The molecule has 0 amide bonds. The molecule has 2 rings (SSSR count). The highest BCUT2D eigenvalue weighted by Crippen LogP contribution is 2.35. The molecule has 92 valence electrons. The average molecular weight is 235 g/mol. The van der Waals surface area contributed by atoms with E-state index in [1.54, 1.807) is 17.7 Å². The Morgan fingerprint density at radius 1 is 1.53 bits per heavy atom. The van der Waals surface area contributed by atoms with E-state index in [4.69, 9.17) is 4.74 Å². The molecule has 0 unspecified atom stereocenters. The van der Waals surface area contributed by atoms with E-state index in [-0.39, 0.29) is 11.9 Å². The summed E-state index contributed by atoms with van der Waals surface area (Å²) in [4.78, 5) is 23.9. The van der Waals surface area contributed by atoms with Gasteiger partial charge in [-0.15, -0.1) is 0 Å². The molecule has 0 atom stereocenters. The average Bonchev–Trinajstić information content (AvgIpc) is 2.63. The van der Waals surface area contributed by atoms with Crippen molar-refractivity contribution in [1.82, 2.24) is 4.57 Å². The molecule has 0 aromatic carbocycles. The van der Waals surface area contributed by atoms with Crippen LogP contribution in [0.4, 0.5) is 0 Å². The zero-order chi connectivity index (χ0) is 12.8. The Kier molecular flexibility index (Phi) is 2.60. The van der Waals surface area contributed by atoms with Crippen LogP contribution >= 0.6 is 0 Å². The SMILES string of the molecule is CCOC(=O)c1c(C)cn2c1CC(C)(C)C2=O. The van der Waals surface area contributed by atoms with Crippen molar-refractivity contribution in [3.8, 4) is 0 Å². The number of carbonyl (C=O) groups excluding carboxylic acids is 2. The Bertz CT molecular complexity index is 497. The number of carbonyl (C=O) groups is 2. The van der Waals surface area contributed by atoms with Crippen molar-refractivity contribution in [3.63, 3.8) is 0 Å². The minimum absolute atomic E-state index is 0.0474. The molecule has 0 spiro atoms. The fourth-order valence-electron chi connectivity index (χ4n) is 2.34. The number of aromatic nitrogens is 1. The summed E-state index contributed by atoms with van der Waals surface area (Å²) < 4.78 is 6.63. The lowest BCUT2D eigenvalue weighted by Gasteiger charge is -2.13. The summed E-state index contributed by atoms with van der Waals surface area (Å²) in [5, 5.41) is 0. The van der Waals surface area contributed by atoms with E-state index in [1.165, 1.54) is 0 Å². The monoisotopic (exact) mass is 235 g/mol. The van der Waals surface area contributed by atoms with Crippen LogP contribution in [0, 0.1) is 12.3 Å². The third kappa shape index (κ3) is 1.68. The van der Waals surface area contributed by atoms with E-state index >= 15 is 0 Å². The van der Waals surface area contributed by atoms with Gasteiger partial charge in [0.05, 0.1) is 12.2 Å². The molecule has 0 saturated carbocycles. The lowest BCUT2D eigenvalue weighted by Crippen LogP contribution is -2.22. The van der Waals surface area contributed by atoms with Gasteiger partial charge in [0.25, 0.3) is 0 Å². The van der Waals surface area contributed by atoms with E-state index in [2.05, 4.69) is 0 Å². The van der Waals surface area contributed by atoms with Crippen molar-refractivity contribution in [3.05, 3.63) is 23.0 Å². The molecular formula is C13H17NO3. The lowest BCUT2D eigenvalue weighted by atomic mass is 9.89. The number of esters is 1. The van der Waals surface area contributed by atoms with Gasteiger partial charge < -0.3 is 4.74 Å². The molecule has 4 heteroatoms. The standard InChI is InChI=1S/C13H17NO3/c1-5-17-11(15)10-8(2)7-14-9(10)6-13(3,4)12(14)16/h7H,5-6H2,1-4H3. The topological polar surface area (TPSA) is 48.3 Å². The van der Waals surface area contributed by atoms with Crippen molar-refractivity contribution in [2.45, 2.75) is 34.1 Å². The molecule has 4 nitrogen and oxygen atoms in total. The highest BCUT2D eigenvalue weighted by Gasteiger charge is 2.41. The van der Waals surface area contributed by atoms with E-state index in [9.17, 15) is 9.59 Å². The third-order valence-corrected chi connectivity index (χ3v) is 3.18. The van der Waals surface area contributed by atoms with Crippen LogP contribution in [0.3, 0.4) is 0 Å². The first-order valence-electron chi connectivity index (χ1n) is 5.81. The molecule has 0 fully saturated rings. The molecular weight excluding hydrogens is 218 g/mol. The fraction of sp³-hybridized carbons (Fsp3) is 0.538. The molecule has 1 aliphatic rings. The van der Waals surface area contributed by atoms with Crippen LogP contribution in [0.25, 0.3) is 0 Å². The molecule has 0 aliphatic carbocycles. The maximum Gasteiger partial charge on any atom is 0.340 e. The maximum atomic E-state index is 12.1. The van der Waals surface area contributed by atoms with Gasteiger partial charge in [0.1, 0.15) is 0 Å². The second-order valence-corrected chi connectivity index (χ2v) is 5.09. The molecule has 17 heavy (non-hydrogen) atoms. The predicted molar refractivity (Wildman–Crippen MR) is 63.2 cm³/mol. The zero-order valence-electron chi connectivity index (χ0n) is 10.7. The Morgan fingerprint density at radius 3 is 2.76 bits per heavy atom. The first-order valence-corrected chi connectivity index (χ1v) is 5.81. The molecule has 1 aliphatic heterocycles. The molecule has 0 saturated heterocycles. The summed E-state index contributed by atoms with van der Waals surface area (Å²) >= 11 is 0. The summed E-state index contributed by atoms with van der Waals surface area (Å²) in [7, 11) is 0. The molecule has 2 heterocycles. The van der Waals surface area contributed by atoms with Crippen LogP contribution in [0.1, 0.15) is 47.2 Å². The second kappa shape index (κ2) is 3.72. The number of rotatable bonds is 2. The normalized spacial score (nSPS) is 17.1. The maximum absolute atomic E-state index is 12.1. The van der Waals surface area contributed by atoms with Gasteiger partial charge in [-0.3, -0.25) is 9.36 Å². The Balaban J connectivity index is 2.49. The first-order chi connectivity index (χ1) is 7.88. The Hall–Kier alpha value is -1.58. The number of hydrogen-bond acceptors (Lipinski definition) is 3. The number of fused-ring (bicyclic) bond motifs is 1.